The average Bonchev–Trinajstić information content (AvgIpc) is 1.00. The fourth-order valence-corrected chi connectivity index (χ4v) is 0. The molecular weight excluding hydrogens is 148 g/mol. The molecule has 54 valence electrons. The minimum Gasteiger partial charge on any atom is -0.693 e. The van der Waals surface area contributed by atoms with Crippen molar-refractivity contribution in [3.05, 3.63) is 30.8 Å². The molecule has 0 saturated heterocycles. The van der Waals surface area contributed by atoms with Gasteiger partial charge in [0, 0.05) is 0 Å². The van der Waals surface area contributed by atoms with Crippen molar-refractivity contribution < 1.29 is 19.8 Å². The Morgan fingerprint density at radius 3 is 0.571 bits per heavy atom. The monoisotopic (exact) mass is 158 g/mol. The second kappa shape index (κ2) is 3060. The molecule has 0 atom stereocenters. The molecule has 0 aliphatic rings. The van der Waals surface area contributed by atoms with Crippen LogP contribution < -0.4 is 0 Å². The second-order valence-corrected chi connectivity index (χ2v) is 0. The zero-order chi connectivity index (χ0) is 2.00. The van der Waals surface area contributed by atoms with Crippen LogP contribution in [0.1, 0.15) is 0 Å². The van der Waals surface area contributed by atoms with Gasteiger partial charge >= 0.3 is 19.8 Å². The molecule has 0 spiro atoms. The van der Waals surface area contributed by atoms with Gasteiger partial charge in [-0.25, -0.2) is 0 Å². The predicted molar refractivity (Wildman–Crippen MR) is 27.5 cm³/mol. The van der Waals surface area contributed by atoms with Gasteiger partial charge in [-0.05, 0) is 0 Å². The summed E-state index contributed by atoms with van der Waals surface area (Å²) in [6.07, 6.45) is 0. The Balaban J connectivity index is -0.000000000500. The molecule has 0 aromatic heterocycles. The van der Waals surface area contributed by atoms with Gasteiger partial charge in [0.25, 0.3) is 0 Å². The summed E-state index contributed by atoms with van der Waals surface area (Å²) in [6, 6.07) is 0. The molecule has 0 aliphatic heterocycles. The fourth-order valence-electron chi connectivity index (χ4n) is 0. The molecule has 0 aromatic carbocycles. The van der Waals surface area contributed by atoms with E-state index < -0.39 is 0 Å². The van der Waals surface area contributed by atoms with Crippen LogP contribution in [-0.2, 0) is 16.2 Å². The summed E-state index contributed by atoms with van der Waals surface area (Å²) in [7, 11) is 0. The first-order chi connectivity index (χ1) is 1.00. The van der Waals surface area contributed by atoms with Crippen LogP contribution in [0.5, 0.6) is 0 Å². The summed E-state index contributed by atoms with van der Waals surface area (Å²) in [5.74, 6) is 0. The topological polar surface area (TPSA) is 168 Å². The van der Waals surface area contributed by atoms with E-state index in [1.165, 1.54) is 0 Å². The Morgan fingerprint density at radius 1 is 0.571 bits per heavy atom. The quantitative estimate of drug-likeness (QED) is 0.496. The van der Waals surface area contributed by atoms with Gasteiger partial charge in [-0.1, -0.05) is 0 Å². The van der Waals surface area contributed by atoms with Crippen molar-refractivity contribution in [2.75, 3.05) is 0 Å². The zero-order valence-corrected chi connectivity index (χ0v) is 4.64. The summed E-state index contributed by atoms with van der Waals surface area (Å²) in [6.45, 7) is 0. The van der Waals surface area contributed by atoms with Gasteiger partial charge in [0.05, 0.1) is 0 Å². The van der Waals surface area contributed by atoms with Gasteiger partial charge in [0.1, 0.15) is 0 Å². The van der Waals surface area contributed by atoms with E-state index in [1.54, 1.807) is 0 Å². The average molecular weight is 158 g/mol. The summed E-state index contributed by atoms with van der Waals surface area (Å²) >= 11 is 2.06. The molecule has 7 heavy (non-hydrogen) atoms. The zero-order valence-electron chi connectivity index (χ0n) is 3.60. The normalized spacial score (nSPS) is 0.857. The summed E-state index contributed by atoms with van der Waals surface area (Å²) in [4.78, 5) is 0. The number of hydrogen-bond acceptors (Lipinski definition) is 0. The van der Waals surface area contributed by atoms with Crippen molar-refractivity contribution in [3.63, 3.8) is 0 Å². The van der Waals surface area contributed by atoms with Crippen LogP contribution in [0.2, 0.25) is 0 Å². The van der Waals surface area contributed by atoms with Crippen molar-refractivity contribution in [2.24, 2.45) is 0 Å². The van der Waals surface area contributed by atoms with Gasteiger partial charge in [-0.3, -0.25) is 0 Å². The molecule has 5 nitrogen and oxygen atoms in total. The van der Waals surface area contributed by atoms with Gasteiger partial charge in [0.2, 0.25) is 0 Å². The molecule has 7 heteroatoms. The minimum atomic E-state index is 0. The number of halogens is 1. The Labute approximate surface area is 51.4 Å². The first-order valence-electron chi connectivity index (χ1n) is 0.126. The Morgan fingerprint density at radius 2 is 0.571 bits per heavy atom. The van der Waals surface area contributed by atoms with E-state index in [9.17, 15) is 3.58 Å². The Bertz CT molecular complexity index is 8.04. The van der Waals surface area contributed by atoms with Crippen LogP contribution in [-0.4, -0.2) is 0 Å². The first-order valence-corrected chi connectivity index (χ1v) is 0.519. The van der Waals surface area contributed by atoms with E-state index in [0.717, 1.165) is 0 Å². The molecular formula is H10CoFN5-3. The van der Waals surface area contributed by atoms with E-state index in [1.807, 2.05) is 0 Å². The summed E-state index contributed by atoms with van der Waals surface area (Å²) in [5.41, 5.74) is 0. The van der Waals surface area contributed by atoms with Gasteiger partial charge in [-0.15, -0.1) is 0 Å². The maximum atomic E-state index is 9.19. The van der Waals surface area contributed by atoms with Crippen molar-refractivity contribution in [3.8, 4) is 0 Å². The molecule has 0 rings (SSSR count). The number of nitrogens with two attached hydrogens (primary N) is 5. The maximum Gasteiger partial charge on any atom is -0.693 e. The smallest absolute Gasteiger partial charge is 0.693 e. The Hall–Kier alpha value is 0.236. The van der Waals surface area contributed by atoms with Crippen molar-refractivity contribution in [1.82, 2.24) is 0 Å². The summed E-state index contributed by atoms with van der Waals surface area (Å²) < 4.78 is 9.19. The second-order valence-electron chi connectivity index (χ2n) is 0. The third-order valence-electron chi connectivity index (χ3n) is 0. The molecule has 0 fully saturated rings. The molecule has 0 radical (unpaired) electrons. The van der Waals surface area contributed by atoms with E-state index in [-0.39, 0.29) is 30.8 Å². The number of rotatable bonds is 0. The van der Waals surface area contributed by atoms with Crippen LogP contribution in [0, 0.1) is 0 Å². The first kappa shape index (κ1) is 184. The van der Waals surface area contributed by atoms with Gasteiger partial charge in [-0.2, -0.15) is 0 Å². The van der Waals surface area contributed by atoms with E-state index >= 15 is 0 Å². The van der Waals surface area contributed by atoms with Crippen LogP contribution in [0.4, 0.5) is 3.58 Å². The van der Waals surface area contributed by atoms with E-state index in [0.29, 0.717) is 0 Å². The van der Waals surface area contributed by atoms with Crippen molar-refractivity contribution >= 4 is 0 Å². The third kappa shape index (κ3) is 2000. The molecule has 0 amide bonds. The maximum absolute atomic E-state index is 9.19. The van der Waals surface area contributed by atoms with Gasteiger partial charge < -0.3 is 30.8 Å². The van der Waals surface area contributed by atoms with Crippen molar-refractivity contribution in [2.45, 2.75) is 0 Å². The molecule has 0 aliphatic carbocycles. The molecule has 10 N–H and O–H groups in total. The predicted octanol–water partition coefficient (Wildman–Crippen LogP) is 4.00. The van der Waals surface area contributed by atoms with Crippen LogP contribution in [0.3, 0.4) is 0 Å². The molecule has 0 saturated carbocycles. The minimum absolute atomic E-state index is 0. The summed E-state index contributed by atoms with van der Waals surface area (Å²) in [5, 5.41) is 0. The molecule has 0 aromatic rings. The molecule has 0 heterocycles. The fraction of sp³-hybridized carbons (Fsp3) is 0. The number of hydrogen-bond donors (Lipinski definition) is 0. The van der Waals surface area contributed by atoms with Crippen LogP contribution >= 0.6 is 0 Å². The van der Waals surface area contributed by atoms with Gasteiger partial charge in [0.15, 0.2) is 0 Å². The third-order valence-corrected chi connectivity index (χ3v) is 0. The molecule has 0 unspecified atom stereocenters. The Kier molecular flexibility index (Phi) is 80400. The standard InChI is InChI=1S/Co.FH.5H2N/h;1H;5*1H2/q+3;;5*-1/p-1. The van der Waals surface area contributed by atoms with E-state index in [4.69, 9.17) is 0 Å². The SMILES string of the molecule is [F][Co+2].[NH2-].[NH2-].[NH2-].[NH2-].[NH2-]. The van der Waals surface area contributed by atoms with E-state index in [2.05, 4.69) is 16.2 Å². The van der Waals surface area contributed by atoms with Crippen LogP contribution in [0.25, 0.3) is 30.8 Å². The largest absolute Gasteiger partial charge is 0.693 e. The molecule has 0 bridgehead atoms. The van der Waals surface area contributed by atoms with Crippen LogP contribution in [0.15, 0.2) is 0 Å². The van der Waals surface area contributed by atoms with Crippen molar-refractivity contribution in [1.29, 1.82) is 0 Å².